The van der Waals surface area contributed by atoms with E-state index in [4.69, 9.17) is 4.74 Å². The van der Waals surface area contributed by atoms with Gasteiger partial charge >= 0.3 is 0 Å². The third kappa shape index (κ3) is 2.86. The topological polar surface area (TPSA) is 29.5 Å². The number of nitrogens with zero attached hydrogens (tertiary/aromatic N) is 1. The van der Waals surface area contributed by atoms with Crippen LogP contribution >= 0.6 is 0 Å². The summed E-state index contributed by atoms with van der Waals surface area (Å²) in [4.78, 5) is 14.8. The molecule has 0 radical (unpaired) electrons. The van der Waals surface area contributed by atoms with Gasteiger partial charge in [0.25, 0.3) is 0 Å². The molecule has 22 heavy (non-hydrogen) atoms. The zero-order chi connectivity index (χ0) is 15.6. The van der Waals surface area contributed by atoms with Crippen LogP contribution < -0.4 is 4.74 Å². The molecule has 1 saturated heterocycles. The quantitative estimate of drug-likeness (QED) is 0.800. The Labute approximate surface area is 133 Å². The molecule has 1 amide bonds. The van der Waals surface area contributed by atoms with Gasteiger partial charge in [-0.15, -0.1) is 0 Å². The molecule has 1 saturated carbocycles. The van der Waals surface area contributed by atoms with Crippen LogP contribution in [0.5, 0.6) is 5.75 Å². The maximum atomic E-state index is 12.8. The van der Waals surface area contributed by atoms with Crippen molar-refractivity contribution in [2.75, 3.05) is 19.7 Å². The standard InChI is InChI=1S/C19H27NO2/c1-15(2)9-14-22-17-7-5-16(6-8-17)19(10-3-11-19)18(21)20-12-4-13-20/h5-8,15H,3-4,9-14H2,1-2H3. The molecule has 0 atom stereocenters. The third-order valence-corrected chi connectivity index (χ3v) is 5.13. The Hall–Kier alpha value is -1.51. The third-order valence-electron chi connectivity index (χ3n) is 5.13. The van der Waals surface area contributed by atoms with Crippen LogP contribution in [0.1, 0.15) is 51.5 Å². The van der Waals surface area contributed by atoms with Gasteiger partial charge in [0.05, 0.1) is 12.0 Å². The number of likely N-dealkylation sites (tertiary alicyclic amines) is 1. The van der Waals surface area contributed by atoms with Gasteiger partial charge in [0, 0.05) is 13.1 Å². The maximum Gasteiger partial charge on any atom is 0.233 e. The van der Waals surface area contributed by atoms with Crippen molar-refractivity contribution in [3.63, 3.8) is 0 Å². The van der Waals surface area contributed by atoms with Gasteiger partial charge in [-0.25, -0.2) is 0 Å². The first-order valence-electron chi connectivity index (χ1n) is 8.64. The highest BCUT2D eigenvalue weighted by molar-refractivity contribution is 5.89. The molecular formula is C19H27NO2. The van der Waals surface area contributed by atoms with E-state index in [-0.39, 0.29) is 5.41 Å². The molecule has 120 valence electrons. The normalized spacial score (nSPS) is 19.5. The fourth-order valence-electron chi connectivity index (χ4n) is 3.26. The van der Waals surface area contributed by atoms with E-state index in [0.717, 1.165) is 57.6 Å². The number of ether oxygens (including phenoxy) is 1. The Morgan fingerprint density at radius 1 is 1.18 bits per heavy atom. The molecule has 2 aliphatic rings. The lowest BCUT2D eigenvalue weighted by Gasteiger charge is -2.46. The predicted molar refractivity (Wildman–Crippen MR) is 88.1 cm³/mol. The smallest absolute Gasteiger partial charge is 0.233 e. The van der Waals surface area contributed by atoms with E-state index in [1.165, 1.54) is 5.56 Å². The Balaban J connectivity index is 1.66. The van der Waals surface area contributed by atoms with E-state index in [1.807, 2.05) is 17.0 Å². The van der Waals surface area contributed by atoms with Crippen LogP contribution in [-0.2, 0) is 10.2 Å². The van der Waals surface area contributed by atoms with Crippen LogP contribution in [0.2, 0.25) is 0 Å². The molecule has 1 aliphatic heterocycles. The largest absolute Gasteiger partial charge is 0.494 e. The maximum absolute atomic E-state index is 12.8. The van der Waals surface area contributed by atoms with Crippen molar-refractivity contribution in [3.05, 3.63) is 29.8 Å². The SMILES string of the molecule is CC(C)CCOc1ccc(C2(C(=O)N3CCC3)CCC2)cc1. The Morgan fingerprint density at radius 3 is 2.32 bits per heavy atom. The number of carbonyl (C=O) groups excluding carboxylic acids is 1. The first-order valence-corrected chi connectivity index (χ1v) is 8.64. The number of carbonyl (C=O) groups is 1. The second-order valence-corrected chi connectivity index (χ2v) is 7.14. The highest BCUT2D eigenvalue weighted by atomic mass is 16.5. The van der Waals surface area contributed by atoms with Crippen molar-refractivity contribution in [2.24, 2.45) is 5.92 Å². The highest BCUT2D eigenvalue weighted by Crippen LogP contribution is 2.46. The van der Waals surface area contributed by atoms with E-state index in [9.17, 15) is 4.79 Å². The van der Waals surface area contributed by atoms with E-state index in [1.54, 1.807) is 0 Å². The van der Waals surface area contributed by atoms with Crippen LogP contribution in [-0.4, -0.2) is 30.5 Å². The second kappa shape index (κ2) is 6.31. The van der Waals surface area contributed by atoms with Gasteiger partial charge in [-0.2, -0.15) is 0 Å². The molecule has 0 N–H and O–H groups in total. The summed E-state index contributed by atoms with van der Waals surface area (Å²) in [7, 11) is 0. The minimum atomic E-state index is -0.239. The van der Waals surface area contributed by atoms with E-state index in [0.29, 0.717) is 11.8 Å². The summed E-state index contributed by atoms with van der Waals surface area (Å²) in [6, 6.07) is 8.25. The molecule has 0 spiro atoms. The van der Waals surface area contributed by atoms with Crippen LogP contribution in [0.15, 0.2) is 24.3 Å². The molecule has 0 aromatic heterocycles. The van der Waals surface area contributed by atoms with E-state index < -0.39 is 0 Å². The number of hydrogen-bond acceptors (Lipinski definition) is 2. The lowest BCUT2D eigenvalue weighted by atomic mass is 9.63. The summed E-state index contributed by atoms with van der Waals surface area (Å²) < 4.78 is 5.78. The minimum absolute atomic E-state index is 0.239. The summed E-state index contributed by atoms with van der Waals surface area (Å²) in [6.07, 6.45) is 5.38. The number of rotatable bonds is 6. The fourth-order valence-corrected chi connectivity index (χ4v) is 3.26. The molecule has 1 heterocycles. The van der Waals surface area contributed by atoms with Gasteiger partial charge in [-0.1, -0.05) is 32.4 Å². The van der Waals surface area contributed by atoms with E-state index in [2.05, 4.69) is 26.0 Å². The van der Waals surface area contributed by atoms with Gasteiger partial charge in [0.1, 0.15) is 5.75 Å². The van der Waals surface area contributed by atoms with Crippen molar-refractivity contribution in [2.45, 2.75) is 51.4 Å². The summed E-state index contributed by atoms with van der Waals surface area (Å²) >= 11 is 0. The van der Waals surface area contributed by atoms with Gasteiger partial charge in [0.15, 0.2) is 0 Å². The zero-order valence-electron chi connectivity index (χ0n) is 13.8. The fraction of sp³-hybridized carbons (Fsp3) is 0.632. The van der Waals surface area contributed by atoms with Crippen molar-refractivity contribution in [1.29, 1.82) is 0 Å². The summed E-state index contributed by atoms with van der Waals surface area (Å²) in [5.74, 6) is 1.92. The molecule has 3 heteroatoms. The minimum Gasteiger partial charge on any atom is -0.494 e. The van der Waals surface area contributed by atoms with Crippen LogP contribution in [0.25, 0.3) is 0 Å². The Bertz CT molecular complexity index is 513. The predicted octanol–water partition coefficient (Wildman–Crippen LogP) is 3.77. The lowest BCUT2D eigenvalue weighted by molar-refractivity contribution is -0.144. The lowest BCUT2D eigenvalue weighted by Crippen LogP contribution is -2.55. The first kappa shape index (κ1) is 15.4. The monoisotopic (exact) mass is 301 g/mol. The molecule has 0 unspecified atom stereocenters. The molecule has 3 rings (SSSR count). The zero-order valence-corrected chi connectivity index (χ0v) is 13.8. The summed E-state index contributed by atoms with van der Waals surface area (Å²) in [5.41, 5.74) is 0.934. The van der Waals surface area contributed by atoms with Gasteiger partial charge in [-0.3, -0.25) is 4.79 Å². The Kier molecular flexibility index (Phi) is 4.42. The summed E-state index contributed by atoms with van der Waals surface area (Å²) in [6.45, 7) is 7.05. The number of hydrogen-bond donors (Lipinski definition) is 0. The molecular weight excluding hydrogens is 274 g/mol. The van der Waals surface area contributed by atoms with Crippen molar-refractivity contribution in [3.8, 4) is 5.75 Å². The number of amides is 1. The van der Waals surface area contributed by atoms with Crippen molar-refractivity contribution < 1.29 is 9.53 Å². The van der Waals surface area contributed by atoms with Gasteiger partial charge in [-0.05, 0) is 49.3 Å². The molecule has 1 aromatic rings. The average Bonchev–Trinajstić information content (AvgIpc) is 2.37. The van der Waals surface area contributed by atoms with Gasteiger partial charge < -0.3 is 9.64 Å². The molecule has 2 fully saturated rings. The molecule has 1 aromatic carbocycles. The van der Waals surface area contributed by atoms with E-state index >= 15 is 0 Å². The second-order valence-electron chi connectivity index (χ2n) is 7.14. The van der Waals surface area contributed by atoms with Crippen LogP contribution in [0.3, 0.4) is 0 Å². The first-order chi connectivity index (χ1) is 10.6. The van der Waals surface area contributed by atoms with Crippen molar-refractivity contribution >= 4 is 5.91 Å². The Morgan fingerprint density at radius 2 is 1.86 bits per heavy atom. The van der Waals surface area contributed by atoms with Crippen LogP contribution in [0, 0.1) is 5.92 Å². The van der Waals surface area contributed by atoms with Crippen LogP contribution in [0.4, 0.5) is 0 Å². The molecule has 0 bridgehead atoms. The van der Waals surface area contributed by atoms with Gasteiger partial charge in [0.2, 0.25) is 5.91 Å². The van der Waals surface area contributed by atoms with Crippen molar-refractivity contribution in [1.82, 2.24) is 4.90 Å². The molecule has 3 nitrogen and oxygen atoms in total. The molecule has 1 aliphatic carbocycles. The number of benzene rings is 1. The summed E-state index contributed by atoms with van der Waals surface area (Å²) in [5, 5.41) is 0. The highest BCUT2D eigenvalue weighted by Gasteiger charge is 2.48. The average molecular weight is 301 g/mol.